The molecule has 0 saturated carbocycles. The predicted molar refractivity (Wildman–Crippen MR) is 50.8 cm³/mol. The van der Waals surface area contributed by atoms with E-state index in [4.69, 9.17) is 0 Å². The zero-order valence-electron chi connectivity index (χ0n) is 7.71. The third-order valence-electron chi connectivity index (χ3n) is 1.47. The van der Waals surface area contributed by atoms with Gasteiger partial charge >= 0.3 is 0 Å². The van der Waals surface area contributed by atoms with E-state index in [2.05, 4.69) is 15.0 Å². The van der Waals surface area contributed by atoms with Crippen molar-refractivity contribution < 1.29 is 4.84 Å². The Bertz CT molecular complexity index is 304. The smallest absolute Gasteiger partial charge is 0.106 e. The summed E-state index contributed by atoms with van der Waals surface area (Å²) in [6.07, 6.45) is 0. The molecule has 3 nitrogen and oxygen atoms in total. The van der Waals surface area contributed by atoms with E-state index in [0.29, 0.717) is 0 Å². The fraction of sp³-hybridized carbons (Fsp3) is 0.500. The van der Waals surface area contributed by atoms with Crippen molar-refractivity contribution in [1.29, 1.82) is 0 Å². The van der Waals surface area contributed by atoms with Crippen LogP contribution in [0.15, 0.2) is 5.16 Å². The summed E-state index contributed by atoms with van der Waals surface area (Å²) in [6, 6.07) is 0. The molecule has 0 fully saturated rings. The fourth-order valence-electron chi connectivity index (χ4n) is 1.04. The van der Waals surface area contributed by atoms with Crippen molar-refractivity contribution in [2.75, 3.05) is 7.11 Å². The lowest BCUT2D eigenvalue weighted by atomic mass is 10.3. The van der Waals surface area contributed by atoms with Gasteiger partial charge in [0.2, 0.25) is 0 Å². The Hall–Kier alpha value is -0.900. The van der Waals surface area contributed by atoms with Gasteiger partial charge in [0.15, 0.2) is 0 Å². The van der Waals surface area contributed by atoms with E-state index in [9.17, 15) is 0 Å². The highest BCUT2D eigenvalue weighted by molar-refractivity contribution is 7.11. The van der Waals surface area contributed by atoms with Crippen molar-refractivity contribution in [2.45, 2.75) is 20.8 Å². The summed E-state index contributed by atoms with van der Waals surface area (Å²) in [6.45, 7) is 5.92. The molecule has 0 aromatic carbocycles. The molecule has 1 heterocycles. The molecule has 0 amide bonds. The van der Waals surface area contributed by atoms with E-state index >= 15 is 0 Å². The average molecular weight is 184 g/mol. The van der Waals surface area contributed by atoms with Gasteiger partial charge in [0.1, 0.15) is 18.5 Å². The molecule has 0 spiro atoms. The standard InChI is InChI=1S/C8H12N2OS/c1-5(10-11-4)8-6(2)12-7(3)9-8/h1-4H3/b10-5+. The maximum Gasteiger partial charge on any atom is 0.106 e. The highest BCUT2D eigenvalue weighted by Gasteiger charge is 2.07. The maximum atomic E-state index is 4.67. The first-order chi connectivity index (χ1) is 5.65. The molecule has 0 radical (unpaired) electrons. The Kier molecular flexibility index (Phi) is 2.81. The molecule has 1 aromatic rings. The quantitative estimate of drug-likeness (QED) is 0.521. The number of aryl methyl sites for hydroxylation is 2. The predicted octanol–water partition coefficient (Wildman–Crippen LogP) is 2.13. The number of aromatic nitrogens is 1. The highest BCUT2D eigenvalue weighted by atomic mass is 32.1. The fourth-order valence-corrected chi connectivity index (χ4v) is 1.91. The summed E-state index contributed by atoms with van der Waals surface area (Å²) >= 11 is 1.68. The van der Waals surface area contributed by atoms with E-state index < -0.39 is 0 Å². The van der Waals surface area contributed by atoms with Crippen LogP contribution in [0.3, 0.4) is 0 Å². The average Bonchev–Trinajstić information content (AvgIpc) is 2.30. The number of hydrogen-bond donors (Lipinski definition) is 0. The maximum absolute atomic E-state index is 4.67. The monoisotopic (exact) mass is 184 g/mol. The minimum atomic E-state index is 0.833. The lowest BCUT2D eigenvalue weighted by molar-refractivity contribution is 0.213. The second-order valence-electron chi connectivity index (χ2n) is 2.50. The van der Waals surface area contributed by atoms with Crippen LogP contribution in [0.5, 0.6) is 0 Å². The second kappa shape index (κ2) is 3.67. The van der Waals surface area contributed by atoms with Crippen molar-refractivity contribution in [2.24, 2.45) is 5.16 Å². The second-order valence-corrected chi connectivity index (χ2v) is 3.90. The number of thiazole rings is 1. The Labute approximate surface area is 76.1 Å². The van der Waals surface area contributed by atoms with Gasteiger partial charge in [-0.2, -0.15) is 0 Å². The first kappa shape index (κ1) is 9.19. The summed E-state index contributed by atoms with van der Waals surface area (Å²) in [4.78, 5) is 10.2. The van der Waals surface area contributed by atoms with Gasteiger partial charge in [0.25, 0.3) is 0 Å². The molecule has 66 valence electrons. The van der Waals surface area contributed by atoms with Crippen LogP contribution in [0, 0.1) is 13.8 Å². The lowest BCUT2D eigenvalue weighted by Crippen LogP contribution is -1.97. The molecule has 4 heteroatoms. The summed E-state index contributed by atoms with van der Waals surface area (Å²) in [5.74, 6) is 0. The van der Waals surface area contributed by atoms with Crippen LogP contribution in [-0.4, -0.2) is 17.8 Å². The first-order valence-corrected chi connectivity index (χ1v) is 4.49. The third-order valence-corrected chi connectivity index (χ3v) is 2.36. The number of oxime groups is 1. The number of rotatable bonds is 2. The Balaban J connectivity index is 3.02. The van der Waals surface area contributed by atoms with Gasteiger partial charge in [0.05, 0.1) is 5.01 Å². The summed E-state index contributed by atoms with van der Waals surface area (Å²) < 4.78 is 0. The molecule has 0 aliphatic heterocycles. The lowest BCUT2D eigenvalue weighted by Gasteiger charge is -1.94. The van der Waals surface area contributed by atoms with Gasteiger partial charge in [-0.1, -0.05) is 5.16 Å². The largest absolute Gasteiger partial charge is 0.399 e. The van der Waals surface area contributed by atoms with E-state index in [0.717, 1.165) is 16.4 Å². The van der Waals surface area contributed by atoms with Crippen molar-refractivity contribution >= 4 is 17.0 Å². The molecule has 0 bridgehead atoms. The number of nitrogens with zero attached hydrogens (tertiary/aromatic N) is 2. The van der Waals surface area contributed by atoms with Crippen LogP contribution in [0.1, 0.15) is 22.5 Å². The van der Waals surface area contributed by atoms with Gasteiger partial charge in [-0.3, -0.25) is 0 Å². The molecular formula is C8H12N2OS. The summed E-state index contributed by atoms with van der Waals surface area (Å²) in [5.41, 5.74) is 1.78. The van der Waals surface area contributed by atoms with E-state index in [1.54, 1.807) is 11.3 Å². The minimum absolute atomic E-state index is 0.833. The summed E-state index contributed by atoms with van der Waals surface area (Å²) in [5, 5.41) is 4.89. The van der Waals surface area contributed by atoms with Crippen LogP contribution in [0.4, 0.5) is 0 Å². The Morgan fingerprint density at radius 3 is 2.58 bits per heavy atom. The zero-order chi connectivity index (χ0) is 9.14. The van der Waals surface area contributed by atoms with E-state index in [1.165, 1.54) is 12.0 Å². The Morgan fingerprint density at radius 1 is 1.50 bits per heavy atom. The van der Waals surface area contributed by atoms with Crippen molar-refractivity contribution in [3.63, 3.8) is 0 Å². The molecule has 0 aliphatic carbocycles. The first-order valence-electron chi connectivity index (χ1n) is 3.67. The van der Waals surface area contributed by atoms with Gasteiger partial charge < -0.3 is 4.84 Å². The van der Waals surface area contributed by atoms with Crippen LogP contribution >= 0.6 is 11.3 Å². The van der Waals surface area contributed by atoms with Crippen LogP contribution in [0.2, 0.25) is 0 Å². The molecule has 0 unspecified atom stereocenters. The third kappa shape index (κ3) is 1.82. The molecule has 0 atom stereocenters. The topological polar surface area (TPSA) is 34.5 Å². The van der Waals surface area contributed by atoms with Gasteiger partial charge in [-0.25, -0.2) is 4.98 Å². The minimum Gasteiger partial charge on any atom is -0.399 e. The van der Waals surface area contributed by atoms with Crippen molar-refractivity contribution in [1.82, 2.24) is 4.98 Å². The molecule has 12 heavy (non-hydrogen) atoms. The van der Waals surface area contributed by atoms with E-state index in [1.807, 2.05) is 20.8 Å². The molecule has 1 rings (SSSR count). The van der Waals surface area contributed by atoms with Crippen LogP contribution < -0.4 is 0 Å². The van der Waals surface area contributed by atoms with Gasteiger partial charge in [-0.15, -0.1) is 11.3 Å². The SMILES string of the molecule is CO/N=C(\C)c1nc(C)sc1C. The molecule has 0 aliphatic rings. The Morgan fingerprint density at radius 2 is 2.17 bits per heavy atom. The van der Waals surface area contributed by atoms with Crippen molar-refractivity contribution in [3.8, 4) is 0 Å². The highest BCUT2D eigenvalue weighted by Crippen LogP contribution is 2.16. The zero-order valence-corrected chi connectivity index (χ0v) is 8.53. The van der Waals surface area contributed by atoms with Gasteiger partial charge in [-0.05, 0) is 20.8 Å². The van der Waals surface area contributed by atoms with Crippen LogP contribution in [0.25, 0.3) is 0 Å². The number of hydrogen-bond acceptors (Lipinski definition) is 4. The van der Waals surface area contributed by atoms with E-state index in [-0.39, 0.29) is 0 Å². The van der Waals surface area contributed by atoms with Crippen molar-refractivity contribution in [3.05, 3.63) is 15.6 Å². The van der Waals surface area contributed by atoms with Crippen LogP contribution in [-0.2, 0) is 4.84 Å². The van der Waals surface area contributed by atoms with Gasteiger partial charge in [0, 0.05) is 4.88 Å². The molecular weight excluding hydrogens is 172 g/mol. The summed E-state index contributed by atoms with van der Waals surface area (Å²) in [7, 11) is 1.54. The molecule has 1 aromatic heterocycles. The molecule has 0 N–H and O–H groups in total. The normalized spacial score (nSPS) is 11.8. The molecule has 0 saturated heterocycles.